The average Bonchev–Trinajstić information content (AvgIpc) is 2.22. The molecule has 2 aliphatic carbocycles. The molecule has 9 heavy (non-hydrogen) atoms. The molecular formula is C7H8Cl2. The van der Waals surface area contributed by atoms with E-state index < -0.39 is 0 Å². The first-order valence-electron chi connectivity index (χ1n) is 3.22. The molecule has 2 aliphatic rings. The van der Waals surface area contributed by atoms with Gasteiger partial charge in [0, 0.05) is 0 Å². The molecule has 0 heterocycles. The molecule has 50 valence electrons. The van der Waals surface area contributed by atoms with Crippen LogP contribution in [0.15, 0.2) is 11.6 Å². The third kappa shape index (κ3) is 0.731. The molecule has 0 aromatic heterocycles. The van der Waals surface area contributed by atoms with Gasteiger partial charge >= 0.3 is 0 Å². The second-order valence-electron chi connectivity index (χ2n) is 2.95. The number of fused-ring (bicyclic) bond motifs is 2. The highest BCUT2D eigenvalue weighted by Crippen LogP contribution is 2.50. The molecular weight excluding hydrogens is 155 g/mol. The Morgan fingerprint density at radius 3 is 2.67 bits per heavy atom. The van der Waals surface area contributed by atoms with E-state index in [2.05, 4.69) is 6.08 Å². The van der Waals surface area contributed by atoms with E-state index in [-0.39, 0.29) is 10.3 Å². The number of allylic oxidation sites excluding steroid dienone is 2. The summed E-state index contributed by atoms with van der Waals surface area (Å²) in [4.78, 5) is -0.0864. The normalized spacial score (nSPS) is 47.8. The van der Waals surface area contributed by atoms with Gasteiger partial charge in [-0.2, -0.15) is 0 Å². The van der Waals surface area contributed by atoms with Gasteiger partial charge in [0.15, 0.2) is 0 Å². The van der Waals surface area contributed by atoms with E-state index in [1.54, 1.807) is 0 Å². The zero-order chi connectivity index (χ0) is 6.48. The predicted octanol–water partition coefficient (Wildman–Crippen LogP) is 2.70. The van der Waals surface area contributed by atoms with Crippen LogP contribution in [0, 0.1) is 0 Å². The fraction of sp³-hybridized carbons (Fsp3) is 0.714. The first kappa shape index (κ1) is 6.06. The zero-order valence-electron chi connectivity index (χ0n) is 5.03. The fourth-order valence-corrected chi connectivity index (χ4v) is 2.33. The first-order chi connectivity index (χ1) is 4.21. The van der Waals surface area contributed by atoms with Crippen LogP contribution in [0.3, 0.4) is 0 Å². The summed E-state index contributed by atoms with van der Waals surface area (Å²) in [5.74, 6) is 0. The van der Waals surface area contributed by atoms with Crippen LogP contribution in [0.25, 0.3) is 0 Å². The summed E-state index contributed by atoms with van der Waals surface area (Å²) >= 11 is 12.1. The molecule has 2 atom stereocenters. The van der Waals surface area contributed by atoms with Gasteiger partial charge in [-0.15, -0.1) is 23.2 Å². The van der Waals surface area contributed by atoms with E-state index in [9.17, 15) is 0 Å². The molecule has 0 aromatic rings. The van der Waals surface area contributed by atoms with Crippen LogP contribution in [0.2, 0.25) is 0 Å². The van der Waals surface area contributed by atoms with Crippen LogP contribution in [0.5, 0.6) is 0 Å². The van der Waals surface area contributed by atoms with Gasteiger partial charge < -0.3 is 0 Å². The summed E-state index contributed by atoms with van der Waals surface area (Å²) in [6.45, 7) is 0. The quantitative estimate of drug-likeness (QED) is 0.380. The Morgan fingerprint density at radius 2 is 2.44 bits per heavy atom. The summed E-state index contributed by atoms with van der Waals surface area (Å²) in [7, 11) is 0. The largest absolute Gasteiger partial charge is 0.121 e. The van der Waals surface area contributed by atoms with Crippen molar-refractivity contribution in [2.75, 3.05) is 0 Å². The smallest absolute Gasteiger partial charge is 0.0684 e. The van der Waals surface area contributed by atoms with Gasteiger partial charge in [-0.05, 0) is 19.3 Å². The second-order valence-corrected chi connectivity index (χ2v) is 4.23. The zero-order valence-corrected chi connectivity index (χ0v) is 6.54. The van der Waals surface area contributed by atoms with Gasteiger partial charge in [0.25, 0.3) is 0 Å². The summed E-state index contributed by atoms with van der Waals surface area (Å²) in [5.41, 5.74) is 1.46. The average molecular weight is 163 g/mol. The molecule has 2 unspecified atom stereocenters. The van der Waals surface area contributed by atoms with E-state index in [1.165, 1.54) is 5.57 Å². The van der Waals surface area contributed by atoms with Crippen LogP contribution in [0.1, 0.15) is 19.3 Å². The van der Waals surface area contributed by atoms with Crippen LogP contribution in [-0.2, 0) is 0 Å². The molecule has 0 aromatic carbocycles. The summed E-state index contributed by atoms with van der Waals surface area (Å²) in [6, 6.07) is 0. The minimum atomic E-state index is -0.0864. The van der Waals surface area contributed by atoms with E-state index in [1.807, 2.05) is 0 Å². The number of halogens is 2. The van der Waals surface area contributed by atoms with E-state index in [0.29, 0.717) is 0 Å². The lowest BCUT2D eigenvalue weighted by Gasteiger charge is -2.21. The van der Waals surface area contributed by atoms with Gasteiger partial charge in [-0.3, -0.25) is 0 Å². The molecule has 1 saturated carbocycles. The van der Waals surface area contributed by atoms with Gasteiger partial charge in [0.2, 0.25) is 0 Å². The van der Waals surface area contributed by atoms with Crippen molar-refractivity contribution in [1.29, 1.82) is 0 Å². The molecule has 0 aliphatic heterocycles. The Kier molecular flexibility index (Phi) is 1.13. The topological polar surface area (TPSA) is 0 Å². The van der Waals surface area contributed by atoms with E-state index in [4.69, 9.17) is 23.2 Å². The van der Waals surface area contributed by atoms with Crippen molar-refractivity contribution >= 4 is 23.2 Å². The predicted molar refractivity (Wildman–Crippen MR) is 40.2 cm³/mol. The maximum absolute atomic E-state index is 6.16. The molecule has 2 bridgehead atoms. The van der Waals surface area contributed by atoms with Gasteiger partial charge in [0.05, 0.1) is 10.3 Å². The van der Waals surface area contributed by atoms with Crippen LogP contribution >= 0.6 is 23.2 Å². The molecule has 2 rings (SSSR count). The van der Waals surface area contributed by atoms with Crippen molar-refractivity contribution in [3.05, 3.63) is 11.6 Å². The van der Waals surface area contributed by atoms with Crippen LogP contribution < -0.4 is 0 Å². The maximum Gasteiger partial charge on any atom is 0.0684 e. The number of hydrogen-bond donors (Lipinski definition) is 0. The third-order valence-corrected chi connectivity index (χ3v) is 3.49. The lowest BCUT2D eigenvalue weighted by Crippen LogP contribution is -2.25. The Bertz CT molecular complexity index is 174. The van der Waals surface area contributed by atoms with Gasteiger partial charge in [0.1, 0.15) is 0 Å². The Labute approximate surface area is 64.8 Å². The number of alkyl halides is 2. The second kappa shape index (κ2) is 1.67. The molecule has 0 N–H and O–H groups in total. The standard InChI is InChI=1S/C7H8Cl2/c8-6-3-5-1-2-7(6,9)4-5/h1,6H,2-4H2. The first-order valence-corrected chi connectivity index (χ1v) is 4.03. The van der Waals surface area contributed by atoms with Crippen molar-refractivity contribution in [2.45, 2.75) is 29.5 Å². The third-order valence-electron chi connectivity index (χ3n) is 2.25. The lowest BCUT2D eigenvalue weighted by molar-refractivity contribution is 0.628. The molecule has 2 heteroatoms. The molecule has 0 spiro atoms. The van der Waals surface area contributed by atoms with Crippen molar-refractivity contribution in [3.63, 3.8) is 0 Å². The van der Waals surface area contributed by atoms with E-state index in [0.717, 1.165) is 19.3 Å². The van der Waals surface area contributed by atoms with Crippen molar-refractivity contribution in [1.82, 2.24) is 0 Å². The minimum absolute atomic E-state index is 0.0864. The van der Waals surface area contributed by atoms with Gasteiger partial charge in [-0.25, -0.2) is 0 Å². The molecule has 0 amide bonds. The Morgan fingerprint density at radius 1 is 1.67 bits per heavy atom. The highest BCUT2D eigenvalue weighted by Gasteiger charge is 2.45. The highest BCUT2D eigenvalue weighted by molar-refractivity contribution is 6.33. The SMILES string of the molecule is ClC1CC2=CCC1(Cl)C2. The monoisotopic (exact) mass is 162 g/mol. The summed E-state index contributed by atoms with van der Waals surface area (Å²) in [6.07, 6.45) is 5.26. The van der Waals surface area contributed by atoms with Crippen molar-refractivity contribution in [3.8, 4) is 0 Å². The van der Waals surface area contributed by atoms with E-state index >= 15 is 0 Å². The lowest BCUT2D eigenvalue weighted by atomic mass is 10.0. The molecule has 0 saturated heterocycles. The Balaban J connectivity index is 2.33. The molecule has 1 fully saturated rings. The summed E-state index contributed by atoms with van der Waals surface area (Å²) < 4.78 is 0. The Hall–Kier alpha value is 0.320. The summed E-state index contributed by atoms with van der Waals surface area (Å²) in [5, 5.41) is 0.194. The van der Waals surface area contributed by atoms with Crippen LogP contribution in [-0.4, -0.2) is 10.3 Å². The van der Waals surface area contributed by atoms with Crippen LogP contribution in [0.4, 0.5) is 0 Å². The van der Waals surface area contributed by atoms with Crippen molar-refractivity contribution < 1.29 is 0 Å². The van der Waals surface area contributed by atoms with Crippen molar-refractivity contribution in [2.24, 2.45) is 0 Å². The number of hydrogen-bond acceptors (Lipinski definition) is 0. The molecule has 0 nitrogen and oxygen atoms in total. The maximum atomic E-state index is 6.16. The highest BCUT2D eigenvalue weighted by atomic mass is 35.5. The number of rotatable bonds is 0. The molecule has 0 radical (unpaired) electrons. The minimum Gasteiger partial charge on any atom is -0.121 e. The fourth-order valence-electron chi connectivity index (χ4n) is 1.64. The van der Waals surface area contributed by atoms with Gasteiger partial charge in [-0.1, -0.05) is 11.6 Å².